The van der Waals surface area contributed by atoms with Crippen molar-refractivity contribution < 1.29 is 14.6 Å². The number of carbonyl (C=O) groups is 1. The van der Waals surface area contributed by atoms with Crippen molar-refractivity contribution in [2.45, 2.75) is 11.9 Å². The monoisotopic (exact) mass is 331 g/mol. The van der Waals surface area contributed by atoms with Crippen LogP contribution in [0.3, 0.4) is 0 Å². The van der Waals surface area contributed by atoms with Crippen molar-refractivity contribution >= 4 is 17.6 Å². The molecule has 0 aromatic heterocycles. The minimum Gasteiger partial charge on any atom is -0.481 e. The molecule has 2 aromatic carbocycles. The number of likely N-dealkylation sites (tertiary alicyclic amines) is 1. The lowest BCUT2D eigenvalue weighted by Crippen LogP contribution is -2.23. The molecular weight excluding hydrogens is 314 g/mol. The fourth-order valence-electron chi connectivity index (χ4n) is 2.79. The first kappa shape index (κ1) is 15.8. The molecule has 0 spiro atoms. The van der Waals surface area contributed by atoms with E-state index < -0.39 is 11.9 Å². The molecule has 0 saturated carbocycles. The molecule has 1 saturated heterocycles. The average molecular weight is 332 g/mol. The Morgan fingerprint density at radius 1 is 1.13 bits per heavy atom. The van der Waals surface area contributed by atoms with Crippen LogP contribution in [0, 0.1) is 5.92 Å². The Hall–Kier alpha value is -2.04. The third kappa shape index (κ3) is 4.03. The van der Waals surface area contributed by atoms with Gasteiger partial charge in [0.1, 0.15) is 11.5 Å². The Morgan fingerprint density at radius 3 is 2.57 bits per heavy atom. The zero-order valence-corrected chi connectivity index (χ0v) is 13.3. The van der Waals surface area contributed by atoms with E-state index in [4.69, 9.17) is 21.4 Å². The van der Waals surface area contributed by atoms with Gasteiger partial charge in [-0.1, -0.05) is 30.3 Å². The van der Waals surface area contributed by atoms with Gasteiger partial charge >= 0.3 is 5.97 Å². The van der Waals surface area contributed by atoms with Crippen LogP contribution in [0.25, 0.3) is 0 Å². The molecule has 2 atom stereocenters. The van der Waals surface area contributed by atoms with Gasteiger partial charge in [-0.2, -0.15) is 0 Å². The second-order valence-corrected chi connectivity index (χ2v) is 6.28. The largest absolute Gasteiger partial charge is 0.481 e. The summed E-state index contributed by atoms with van der Waals surface area (Å²) in [6.45, 7) is 1.73. The quantitative estimate of drug-likeness (QED) is 0.850. The molecule has 2 aromatic rings. The second-order valence-electron chi connectivity index (χ2n) is 5.72. The lowest BCUT2D eigenvalue weighted by Gasteiger charge is -2.15. The first-order chi connectivity index (χ1) is 11.1. The predicted molar refractivity (Wildman–Crippen MR) is 89.0 cm³/mol. The average Bonchev–Trinajstić information content (AvgIpc) is 2.89. The number of aliphatic carboxylic acids is 1. The van der Waals surface area contributed by atoms with Crippen LogP contribution >= 0.6 is 11.6 Å². The molecule has 120 valence electrons. The molecule has 23 heavy (non-hydrogen) atoms. The van der Waals surface area contributed by atoms with Gasteiger partial charge in [-0.05, 0) is 29.8 Å². The van der Waals surface area contributed by atoms with Gasteiger partial charge in [0.25, 0.3) is 0 Å². The molecule has 2 unspecified atom stereocenters. The number of benzene rings is 2. The van der Waals surface area contributed by atoms with Gasteiger partial charge in [-0.25, -0.2) is 0 Å². The van der Waals surface area contributed by atoms with Crippen LogP contribution in [0.4, 0.5) is 0 Å². The summed E-state index contributed by atoms with van der Waals surface area (Å²) >= 11 is 6.13. The van der Waals surface area contributed by atoms with Gasteiger partial charge in [0.05, 0.1) is 11.3 Å². The lowest BCUT2D eigenvalue weighted by molar-refractivity contribution is -0.141. The van der Waals surface area contributed by atoms with Crippen molar-refractivity contribution in [2.75, 3.05) is 13.1 Å². The van der Waals surface area contributed by atoms with Crippen LogP contribution in [0.5, 0.6) is 11.5 Å². The standard InChI is InChI=1S/C18H18ClNO3/c19-17-12-20(11-16(17)18(21)22)10-13-5-4-8-15(9-13)23-14-6-2-1-3-7-14/h1-9,16-17H,10-12H2,(H,21,22). The third-order valence-electron chi connectivity index (χ3n) is 3.92. The van der Waals surface area contributed by atoms with Gasteiger partial charge in [0.2, 0.25) is 0 Å². The van der Waals surface area contributed by atoms with E-state index in [0.29, 0.717) is 19.6 Å². The van der Waals surface area contributed by atoms with Crippen LogP contribution in [0.15, 0.2) is 54.6 Å². The number of hydrogen-bond acceptors (Lipinski definition) is 3. The van der Waals surface area contributed by atoms with E-state index in [1.54, 1.807) is 0 Å². The van der Waals surface area contributed by atoms with Crippen molar-refractivity contribution in [2.24, 2.45) is 5.92 Å². The smallest absolute Gasteiger partial charge is 0.309 e. The Bertz CT molecular complexity index is 677. The highest BCUT2D eigenvalue weighted by atomic mass is 35.5. The van der Waals surface area contributed by atoms with Crippen molar-refractivity contribution in [1.29, 1.82) is 0 Å². The van der Waals surface area contributed by atoms with Gasteiger partial charge in [-0.15, -0.1) is 11.6 Å². The zero-order chi connectivity index (χ0) is 16.2. The summed E-state index contributed by atoms with van der Waals surface area (Å²) in [5, 5.41) is 8.81. The SMILES string of the molecule is O=C(O)C1CN(Cc2cccc(Oc3ccccc3)c2)CC1Cl. The first-order valence-corrected chi connectivity index (χ1v) is 7.96. The zero-order valence-electron chi connectivity index (χ0n) is 12.6. The predicted octanol–water partition coefficient (Wildman–Crippen LogP) is 3.60. The number of rotatable bonds is 5. The van der Waals surface area contributed by atoms with E-state index in [0.717, 1.165) is 17.1 Å². The summed E-state index contributed by atoms with van der Waals surface area (Å²) in [5.74, 6) is 0.233. The summed E-state index contributed by atoms with van der Waals surface area (Å²) in [4.78, 5) is 13.2. The van der Waals surface area contributed by atoms with Crippen LogP contribution in [0.1, 0.15) is 5.56 Å². The summed E-state index contributed by atoms with van der Waals surface area (Å²) in [7, 11) is 0. The van der Waals surface area contributed by atoms with E-state index in [2.05, 4.69) is 4.90 Å². The Balaban J connectivity index is 1.65. The molecule has 1 fully saturated rings. The fourth-order valence-corrected chi connectivity index (χ4v) is 3.18. The maximum Gasteiger partial charge on any atom is 0.309 e. The third-order valence-corrected chi connectivity index (χ3v) is 4.37. The number of hydrogen-bond donors (Lipinski definition) is 1. The molecule has 5 heteroatoms. The number of para-hydroxylation sites is 1. The topological polar surface area (TPSA) is 49.8 Å². The minimum absolute atomic E-state index is 0.337. The number of halogens is 1. The molecule has 1 heterocycles. The van der Waals surface area contributed by atoms with Gasteiger partial charge in [0, 0.05) is 19.6 Å². The first-order valence-electron chi connectivity index (χ1n) is 7.53. The highest BCUT2D eigenvalue weighted by Gasteiger charge is 2.36. The van der Waals surface area contributed by atoms with Gasteiger partial charge in [0.15, 0.2) is 0 Å². The van der Waals surface area contributed by atoms with Crippen LogP contribution in [-0.4, -0.2) is 34.4 Å². The van der Waals surface area contributed by atoms with Gasteiger partial charge < -0.3 is 9.84 Å². The minimum atomic E-state index is -0.825. The Morgan fingerprint density at radius 2 is 1.87 bits per heavy atom. The molecule has 1 aliphatic heterocycles. The van der Waals surface area contributed by atoms with E-state index in [1.807, 2.05) is 54.6 Å². The van der Waals surface area contributed by atoms with Crippen molar-refractivity contribution in [3.8, 4) is 11.5 Å². The Labute approximate surface area is 140 Å². The van der Waals surface area contributed by atoms with E-state index in [-0.39, 0.29) is 5.38 Å². The summed E-state index contributed by atoms with van der Waals surface area (Å²) < 4.78 is 5.83. The molecule has 3 rings (SSSR count). The van der Waals surface area contributed by atoms with Crippen molar-refractivity contribution in [3.05, 3.63) is 60.2 Å². The molecule has 0 aliphatic carbocycles. The van der Waals surface area contributed by atoms with Crippen molar-refractivity contribution in [3.63, 3.8) is 0 Å². The van der Waals surface area contributed by atoms with Gasteiger partial charge in [-0.3, -0.25) is 9.69 Å². The number of carboxylic acid groups (broad SMARTS) is 1. The molecule has 1 N–H and O–H groups in total. The summed E-state index contributed by atoms with van der Waals surface area (Å²) in [6.07, 6.45) is 0. The molecular formula is C18H18ClNO3. The Kier molecular flexibility index (Phi) is 4.84. The maximum atomic E-state index is 11.1. The van der Waals surface area contributed by atoms with Crippen LogP contribution < -0.4 is 4.74 Å². The normalized spacial score (nSPS) is 21.3. The highest BCUT2D eigenvalue weighted by molar-refractivity contribution is 6.22. The number of carboxylic acids is 1. The second kappa shape index (κ2) is 7.02. The van der Waals surface area contributed by atoms with E-state index in [9.17, 15) is 4.79 Å². The van der Waals surface area contributed by atoms with E-state index in [1.165, 1.54) is 0 Å². The number of nitrogens with zero attached hydrogens (tertiary/aromatic N) is 1. The highest BCUT2D eigenvalue weighted by Crippen LogP contribution is 2.26. The summed E-state index contributed by atoms with van der Waals surface area (Å²) in [5.41, 5.74) is 1.08. The lowest BCUT2D eigenvalue weighted by atomic mass is 10.1. The molecule has 4 nitrogen and oxygen atoms in total. The molecule has 0 radical (unpaired) electrons. The number of alkyl halides is 1. The van der Waals surface area contributed by atoms with Crippen LogP contribution in [0.2, 0.25) is 0 Å². The molecule has 0 bridgehead atoms. The van der Waals surface area contributed by atoms with Crippen LogP contribution in [-0.2, 0) is 11.3 Å². The van der Waals surface area contributed by atoms with Crippen molar-refractivity contribution in [1.82, 2.24) is 4.90 Å². The molecule has 1 aliphatic rings. The maximum absolute atomic E-state index is 11.1. The van der Waals surface area contributed by atoms with E-state index >= 15 is 0 Å². The number of ether oxygens (including phenoxy) is 1. The summed E-state index contributed by atoms with van der Waals surface area (Å²) in [6, 6.07) is 17.4. The molecule has 0 amide bonds. The fraction of sp³-hybridized carbons (Fsp3) is 0.278.